The molecule has 0 radical (unpaired) electrons. The second kappa shape index (κ2) is 6.46. The highest BCUT2D eigenvalue weighted by molar-refractivity contribution is 5.86. The van der Waals surface area contributed by atoms with Gasteiger partial charge in [0, 0.05) is 52.7 Å². The summed E-state index contributed by atoms with van der Waals surface area (Å²) in [5, 5.41) is 0.996. The van der Waals surface area contributed by atoms with E-state index in [2.05, 4.69) is 34.7 Å². The van der Waals surface area contributed by atoms with E-state index in [-0.39, 0.29) is 0 Å². The maximum absolute atomic E-state index is 4.63. The van der Waals surface area contributed by atoms with E-state index in [0.717, 1.165) is 54.8 Å². The van der Waals surface area contributed by atoms with Gasteiger partial charge in [-0.05, 0) is 18.2 Å². The first-order valence-electron chi connectivity index (χ1n) is 8.28. The predicted molar refractivity (Wildman–Crippen MR) is 98.1 cm³/mol. The van der Waals surface area contributed by atoms with Crippen LogP contribution in [0.4, 0.5) is 17.6 Å². The van der Waals surface area contributed by atoms with Crippen molar-refractivity contribution in [1.82, 2.24) is 24.9 Å². The topological polar surface area (TPSA) is 74.2 Å². The van der Waals surface area contributed by atoms with Gasteiger partial charge in [0.2, 0.25) is 5.95 Å². The first kappa shape index (κ1) is 15.5. The summed E-state index contributed by atoms with van der Waals surface area (Å²) in [7, 11) is 3.90. The van der Waals surface area contributed by atoms with Gasteiger partial charge in [-0.1, -0.05) is 0 Å². The van der Waals surface area contributed by atoms with Crippen molar-refractivity contribution in [2.75, 3.05) is 55.0 Å². The second-order valence-electron chi connectivity index (χ2n) is 6.16. The normalized spacial score (nSPS) is 14.8. The Morgan fingerprint density at radius 3 is 2.48 bits per heavy atom. The lowest BCUT2D eigenvalue weighted by Gasteiger charge is -2.36. The molecule has 0 saturated carbocycles. The molecule has 0 unspecified atom stereocenters. The number of hydrogen-bond donors (Lipinski definition) is 0. The van der Waals surface area contributed by atoms with Crippen LogP contribution in [0.25, 0.3) is 11.0 Å². The van der Waals surface area contributed by atoms with Crippen LogP contribution in [0.15, 0.2) is 36.9 Å². The Hall–Kier alpha value is -3.03. The van der Waals surface area contributed by atoms with E-state index < -0.39 is 0 Å². The fourth-order valence-corrected chi connectivity index (χ4v) is 3.01. The molecule has 25 heavy (non-hydrogen) atoms. The average Bonchev–Trinajstić information content (AvgIpc) is 2.68. The summed E-state index contributed by atoms with van der Waals surface area (Å²) >= 11 is 0. The summed E-state index contributed by atoms with van der Waals surface area (Å²) in [6.45, 7) is 3.52. The molecule has 1 saturated heterocycles. The molecule has 8 heteroatoms. The number of hydrogen-bond acceptors (Lipinski definition) is 8. The average molecular weight is 336 g/mol. The van der Waals surface area contributed by atoms with Crippen molar-refractivity contribution < 1.29 is 0 Å². The minimum atomic E-state index is 0.729. The summed E-state index contributed by atoms with van der Waals surface area (Å²) in [5.74, 6) is 2.65. The van der Waals surface area contributed by atoms with Gasteiger partial charge in [-0.25, -0.2) is 19.9 Å². The van der Waals surface area contributed by atoms with Crippen LogP contribution in [-0.2, 0) is 0 Å². The lowest BCUT2D eigenvalue weighted by molar-refractivity contribution is 0.642. The van der Waals surface area contributed by atoms with Crippen molar-refractivity contribution in [3.8, 4) is 0 Å². The van der Waals surface area contributed by atoms with E-state index in [1.165, 1.54) is 0 Å². The summed E-state index contributed by atoms with van der Waals surface area (Å²) in [5.41, 5.74) is 0.737. The van der Waals surface area contributed by atoms with E-state index in [1.807, 2.05) is 43.4 Å². The SMILES string of the molecule is CN(C)c1nccc(N2CCN(c3ncnc4ncccc34)CC2)n1. The van der Waals surface area contributed by atoms with Gasteiger partial charge in [0.15, 0.2) is 5.65 Å². The highest BCUT2D eigenvalue weighted by atomic mass is 15.3. The van der Waals surface area contributed by atoms with Crippen LogP contribution >= 0.6 is 0 Å². The number of anilines is 3. The zero-order chi connectivity index (χ0) is 17.2. The van der Waals surface area contributed by atoms with E-state index >= 15 is 0 Å². The molecule has 0 atom stereocenters. The van der Waals surface area contributed by atoms with E-state index in [0.29, 0.717) is 0 Å². The van der Waals surface area contributed by atoms with E-state index in [9.17, 15) is 0 Å². The number of piperazine rings is 1. The zero-order valence-corrected chi connectivity index (χ0v) is 14.4. The third-order valence-corrected chi connectivity index (χ3v) is 4.32. The van der Waals surface area contributed by atoms with Crippen molar-refractivity contribution in [1.29, 1.82) is 0 Å². The van der Waals surface area contributed by atoms with Gasteiger partial charge in [0.05, 0.1) is 5.39 Å². The highest BCUT2D eigenvalue weighted by Crippen LogP contribution is 2.23. The Morgan fingerprint density at radius 1 is 0.880 bits per heavy atom. The molecule has 1 aliphatic heterocycles. The number of fused-ring (bicyclic) bond motifs is 1. The fraction of sp³-hybridized carbons (Fsp3) is 0.353. The lowest BCUT2D eigenvalue weighted by Crippen LogP contribution is -2.47. The molecule has 0 aromatic carbocycles. The molecule has 3 aromatic rings. The standard InChI is InChI=1S/C17H20N8/c1-23(2)17-19-7-5-14(22-17)24-8-10-25(11-9-24)16-13-4-3-6-18-15(13)20-12-21-16/h3-7,12H,8-11H2,1-2H3. The van der Waals surface area contributed by atoms with E-state index in [1.54, 1.807) is 12.5 Å². The van der Waals surface area contributed by atoms with Crippen LogP contribution in [0.3, 0.4) is 0 Å². The third-order valence-electron chi connectivity index (χ3n) is 4.32. The lowest BCUT2D eigenvalue weighted by atomic mass is 10.2. The molecule has 0 amide bonds. The molecule has 4 heterocycles. The number of pyridine rings is 1. The molecular weight excluding hydrogens is 316 g/mol. The smallest absolute Gasteiger partial charge is 0.226 e. The minimum absolute atomic E-state index is 0.729. The second-order valence-corrected chi connectivity index (χ2v) is 6.16. The Balaban J connectivity index is 1.52. The molecular formula is C17H20N8. The van der Waals surface area contributed by atoms with Crippen LogP contribution in [0, 0.1) is 0 Å². The zero-order valence-electron chi connectivity index (χ0n) is 14.4. The molecule has 128 valence electrons. The highest BCUT2D eigenvalue weighted by Gasteiger charge is 2.21. The third kappa shape index (κ3) is 3.02. The maximum atomic E-state index is 4.63. The van der Waals surface area contributed by atoms with Crippen LogP contribution in [0.2, 0.25) is 0 Å². The van der Waals surface area contributed by atoms with Crippen molar-refractivity contribution in [2.45, 2.75) is 0 Å². The van der Waals surface area contributed by atoms with Gasteiger partial charge in [-0.3, -0.25) is 0 Å². The summed E-state index contributed by atoms with van der Waals surface area (Å²) in [6, 6.07) is 5.92. The Kier molecular flexibility index (Phi) is 4.01. The largest absolute Gasteiger partial charge is 0.353 e. The number of rotatable bonds is 3. The molecule has 0 spiro atoms. The van der Waals surface area contributed by atoms with Gasteiger partial charge in [-0.2, -0.15) is 4.98 Å². The summed E-state index contributed by atoms with van der Waals surface area (Å²) in [4.78, 5) is 28.5. The van der Waals surface area contributed by atoms with Gasteiger partial charge in [0.25, 0.3) is 0 Å². The number of nitrogens with zero attached hydrogens (tertiary/aromatic N) is 8. The molecule has 3 aromatic heterocycles. The molecule has 4 rings (SSSR count). The minimum Gasteiger partial charge on any atom is -0.353 e. The Morgan fingerprint density at radius 2 is 1.68 bits per heavy atom. The van der Waals surface area contributed by atoms with Crippen LogP contribution in [0.5, 0.6) is 0 Å². The molecule has 0 aliphatic carbocycles. The monoisotopic (exact) mass is 336 g/mol. The van der Waals surface area contributed by atoms with E-state index in [4.69, 9.17) is 0 Å². The van der Waals surface area contributed by atoms with Crippen molar-refractivity contribution in [3.05, 3.63) is 36.9 Å². The quantitative estimate of drug-likeness (QED) is 0.706. The van der Waals surface area contributed by atoms with Crippen molar-refractivity contribution >= 4 is 28.6 Å². The molecule has 8 nitrogen and oxygen atoms in total. The van der Waals surface area contributed by atoms with Crippen LogP contribution in [0.1, 0.15) is 0 Å². The number of aromatic nitrogens is 5. The van der Waals surface area contributed by atoms with Crippen LogP contribution < -0.4 is 14.7 Å². The molecule has 1 fully saturated rings. The Labute approximate surface area is 146 Å². The van der Waals surface area contributed by atoms with Gasteiger partial charge >= 0.3 is 0 Å². The molecule has 0 bridgehead atoms. The summed E-state index contributed by atoms with van der Waals surface area (Å²) < 4.78 is 0. The van der Waals surface area contributed by atoms with Crippen LogP contribution in [-0.4, -0.2) is 65.2 Å². The van der Waals surface area contributed by atoms with Crippen molar-refractivity contribution in [2.24, 2.45) is 0 Å². The van der Waals surface area contributed by atoms with Gasteiger partial charge < -0.3 is 14.7 Å². The Bertz CT molecular complexity index is 868. The fourth-order valence-electron chi connectivity index (χ4n) is 3.01. The first-order chi connectivity index (χ1) is 12.2. The molecule has 1 aliphatic rings. The first-order valence-corrected chi connectivity index (χ1v) is 8.28. The maximum Gasteiger partial charge on any atom is 0.226 e. The van der Waals surface area contributed by atoms with Gasteiger partial charge in [0.1, 0.15) is 18.0 Å². The summed E-state index contributed by atoms with van der Waals surface area (Å²) in [6.07, 6.45) is 5.16. The van der Waals surface area contributed by atoms with Crippen molar-refractivity contribution in [3.63, 3.8) is 0 Å². The van der Waals surface area contributed by atoms with Gasteiger partial charge in [-0.15, -0.1) is 0 Å². The predicted octanol–water partition coefficient (Wildman–Crippen LogP) is 1.21. The molecule has 0 N–H and O–H groups in total.